The van der Waals surface area contributed by atoms with Gasteiger partial charge in [-0.1, -0.05) is 6.92 Å². The highest BCUT2D eigenvalue weighted by molar-refractivity contribution is 8.13. The molecule has 0 aliphatic heterocycles. The zero-order valence-corrected chi connectivity index (χ0v) is 10.3. The largest absolute Gasteiger partial charge is 0.261 e. The predicted octanol–water partition coefficient (Wildman–Crippen LogP) is 2.34. The number of hydrogen-bond acceptors (Lipinski definition) is 4. The average Bonchev–Trinajstić information content (AvgIpc) is 2.15. The second-order valence-corrected chi connectivity index (χ2v) is 5.82. The maximum Gasteiger partial charge on any atom is 0.261 e. The summed E-state index contributed by atoms with van der Waals surface area (Å²) < 4.78 is 22.4. The molecule has 0 aliphatic rings. The van der Waals surface area contributed by atoms with Gasteiger partial charge in [-0.05, 0) is 24.1 Å². The first kappa shape index (κ1) is 12.4. The summed E-state index contributed by atoms with van der Waals surface area (Å²) in [6.45, 7) is 1.78. The first-order valence-corrected chi connectivity index (χ1v) is 6.87. The maximum absolute atomic E-state index is 11.2. The van der Waals surface area contributed by atoms with Crippen LogP contribution in [-0.2, 0) is 15.5 Å². The van der Waals surface area contributed by atoms with E-state index in [4.69, 9.17) is 15.9 Å². The lowest BCUT2D eigenvalue weighted by Crippen LogP contribution is -2.00. The van der Waals surface area contributed by atoms with Crippen molar-refractivity contribution in [2.45, 2.75) is 23.1 Å². The molecule has 0 atom stereocenters. The van der Waals surface area contributed by atoms with Crippen molar-refractivity contribution in [1.29, 1.82) is 5.26 Å². The van der Waals surface area contributed by atoms with Crippen LogP contribution in [0.15, 0.2) is 21.9 Å². The lowest BCUT2D eigenvalue weighted by molar-refractivity contribution is 0.608. The van der Waals surface area contributed by atoms with Gasteiger partial charge < -0.3 is 0 Å². The summed E-state index contributed by atoms with van der Waals surface area (Å²) in [4.78, 5) is 0.400. The van der Waals surface area contributed by atoms with Crippen LogP contribution in [0.4, 0.5) is 0 Å². The van der Waals surface area contributed by atoms with Crippen LogP contribution in [0.3, 0.4) is 0 Å². The normalized spacial score (nSPS) is 11.1. The van der Waals surface area contributed by atoms with E-state index in [0.717, 1.165) is 0 Å². The first-order chi connectivity index (χ1) is 6.91. The zero-order chi connectivity index (χ0) is 11.6. The average molecular weight is 262 g/mol. The van der Waals surface area contributed by atoms with Gasteiger partial charge in [0.2, 0.25) is 0 Å². The third-order valence-electron chi connectivity index (χ3n) is 1.98. The van der Waals surface area contributed by atoms with Crippen LogP contribution in [0.25, 0.3) is 0 Å². The minimum atomic E-state index is -3.78. The standard InChI is InChI=1S/C9H8ClNO2S2/c1-2-7-8(15(10,12)13)4-3-6(5-11)9(7)14/h3-4,14H,2H2,1H3. The van der Waals surface area contributed by atoms with Gasteiger partial charge in [-0.2, -0.15) is 5.26 Å². The molecule has 0 heterocycles. The van der Waals surface area contributed by atoms with Gasteiger partial charge in [0.1, 0.15) is 6.07 Å². The van der Waals surface area contributed by atoms with Crippen molar-refractivity contribution in [3.8, 4) is 6.07 Å². The lowest BCUT2D eigenvalue weighted by Gasteiger charge is -2.08. The van der Waals surface area contributed by atoms with Gasteiger partial charge in [0.15, 0.2) is 0 Å². The molecule has 80 valence electrons. The Hall–Kier alpha value is -0.700. The topological polar surface area (TPSA) is 57.9 Å². The van der Waals surface area contributed by atoms with E-state index >= 15 is 0 Å². The van der Waals surface area contributed by atoms with Gasteiger partial charge in [0.25, 0.3) is 9.05 Å². The Morgan fingerprint density at radius 1 is 1.53 bits per heavy atom. The molecule has 0 amide bonds. The van der Waals surface area contributed by atoms with Crippen LogP contribution in [-0.4, -0.2) is 8.42 Å². The molecule has 3 nitrogen and oxygen atoms in total. The van der Waals surface area contributed by atoms with Crippen molar-refractivity contribution >= 4 is 32.4 Å². The molecule has 0 aliphatic carbocycles. The van der Waals surface area contributed by atoms with Crippen molar-refractivity contribution in [2.24, 2.45) is 0 Å². The summed E-state index contributed by atoms with van der Waals surface area (Å²) >= 11 is 4.13. The highest BCUT2D eigenvalue weighted by Crippen LogP contribution is 2.28. The van der Waals surface area contributed by atoms with E-state index in [0.29, 0.717) is 22.4 Å². The Morgan fingerprint density at radius 3 is 2.53 bits per heavy atom. The summed E-state index contributed by atoms with van der Waals surface area (Å²) in [5, 5.41) is 8.75. The molecule has 0 saturated heterocycles. The van der Waals surface area contributed by atoms with Gasteiger partial charge in [-0.15, -0.1) is 12.6 Å². The molecule has 0 unspecified atom stereocenters. The minimum Gasteiger partial charge on any atom is -0.207 e. The lowest BCUT2D eigenvalue weighted by atomic mass is 10.1. The van der Waals surface area contributed by atoms with E-state index in [1.165, 1.54) is 12.1 Å². The highest BCUT2D eigenvalue weighted by atomic mass is 35.7. The number of hydrogen-bond donors (Lipinski definition) is 1. The van der Waals surface area contributed by atoms with Crippen molar-refractivity contribution < 1.29 is 8.42 Å². The summed E-state index contributed by atoms with van der Waals surface area (Å²) in [5.74, 6) is 0. The Bertz CT molecular complexity index is 532. The fourth-order valence-electron chi connectivity index (χ4n) is 1.28. The van der Waals surface area contributed by atoms with Gasteiger partial charge >= 0.3 is 0 Å². The number of halogens is 1. The quantitative estimate of drug-likeness (QED) is 0.657. The van der Waals surface area contributed by atoms with Gasteiger partial charge in [0, 0.05) is 15.6 Å². The Morgan fingerprint density at radius 2 is 2.13 bits per heavy atom. The molecule has 0 N–H and O–H groups in total. The SMILES string of the molecule is CCc1c(S(=O)(=O)Cl)ccc(C#N)c1S. The van der Waals surface area contributed by atoms with E-state index in [2.05, 4.69) is 12.6 Å². The number of nitriles is 1. The Balaban J connectivity index is 3.61. The summed E-state index contributed by atoms with van der Waals surface area (Å²) in [5.41, 5.74) is 0.826. The molecule has 0 radical (unpaired) electrons. The molecule has 0 spiro atoms. The molecule has 15 heavy (non-hydrogen) atoms. The molecule has 0 bridgehead atoms. The van der Waals surface area contributed by atoms with Crippen molar-refractivity contribution in [3.05, 3.63) is 23.3 Å². The molecule has 0 fully saturated rings. The van der Waals surface area contributed by atoms with E-state index in [1.807, 2.05) is 6.07 Å². The van der Waals surface area contributed by atoms with E-state index < -0.39 is 9.05 Å². The second kappa shape index (κ2) is 4.44. The third kappa shape index (κ3) is 2.46. The molecular formula is C9H8ClNO2S2. The van der Waals surface area contributed by atoms with E-state index in [1.54, 1.807) is 6.92 Å². The van der Waals surface area contributed by atoms with Crippen LogP contribution in [0.2, 0.25) is 0 Å². The molecule has 1 aromatic rings. The maximum atomic E-state index is 11.2. The highest BCUT2D eigenvalue weighted by Gasteiger charge is 2.18. The predicted molar refractivity (Wildman–Crippen MR) is 60.8 cm³/mol. The molecular weight excluding hydrogens is 254 g/mol. The fraction of sp³-hybridized carbons (Fsp3) is 0.222. The minimum absolute atomic E-state index is 0.0238. The monoisotopic (exact) mass is 261 g/mol. The summed E-state index contributed by atoms with van der Waals surface area (Å²) in [6.07, 6.45) is 0.454. The Labute approximate surface area is 98.5 Å². The zero-order valence-electron chi connectivity index (χ0n) is 7.86. The fourth-order valence-corrected chi connectivity index (χ4v) is 2.96. The van der Waals surface area contributed by atoms with Gasteiger partial charge in [0.05, 0.1) is 10.5 Å². The van der Waals surface area contributed by atoms with Crippen LogP contribution >= 0.6 is 23.3 Å². The van der Waals surface area contributed by atoms with Crippen molar-refractivity contribution in [1.82, 2.24) is 0 Å². The third-order valence-corrected chi connectivity index (χ3v) is 3.89. The second-order valence-electron chi connectivity index (χ2n) is 2.84. The molecule has 1 aromatic carbocycles. The van der Waals surface area contributed by atoms with E-state index in [-0.39, 0.29) is 4.90 Å². The number of rotatable bonds is 2. The van der Waals surface area contributed by atoms with Crippen molar-refractivity contribution in [2.75, 3.05) is 0 Å². The number of nitrogens with zero attached hydrogens (tertiary/aromatic N) is 1. The summed E-state index contributed by atoms with van der Waals surface area (Å²) in [7, 11) is 1.49. The molecule has 0 aromatic heterocycles. The Kier molecular flexibility index (Phi) is 3.66. The summed E-state index contributed by atoms with van der Waals surface area (Å²) in [6, 6.07) is 4.67. The van der Waals surface area contributed by atoms with Crippen LogP contribution in [0, 0.1) is 11.3 Å². The number of thiol groups is 1. The molecule has 1 rings (SSSR count). The van der Waals surface area contributed by atoms with Crippen LogP contribution < -0.4 is 0 Å². The van der Waals surface area contributed by atoms with Gasteiger partial charge in [-0.3, -0.25) is 0 Å². The van der Waals surface area contributed by atoms with Crippen LogP contribution in [0.1, 0.15) is 18.1 Å². The van der Waals surface area contributed by atoms with Gasteiger partial charge in [-0.25, -0.2) is 8.42 Å². The smallest absolute Gasteiger partial charge is 0.207 e. The molecule has 6 heteroatoms. The van der Waals surface area contributed by atoms with E-state index in [9.17, 15) is 8.42 Å². The van der Waals surface area contributed by atoms with Crippen molar-refractivity contribution in [3.63, 3.8) is 0 Å². The number of benzene rings is 1. The first-order valence-electron chi connectivity index (χ1n) is 4.11. The molecule has 0 saturated carbocycles. The van der Waals surface area contributed by atoms with Crippen LogP contribution in [0.5, 0.6) is 0 Å².